The average molecular weight is 476 g/mol. The van der Waals surface area contributed by atoms with E-state index in [1.807, 2.05) is 5.38 Å². The molecule has 0 saturated carbocycles. The molecule has 29 heavy (non-hydrogen) atoms. The van der Waals surface area contributed by atoms with Gasteiger partial charge in [-0.05, 0) is 18.2 Å². The summed E-state index contributed by atoms with van der Waals surface area (Å²) in [4.78, 5) is 12.0. The van der Waals surface area contributed by atoms with Gasteiger partial charge in [0.15, 0.2) is 5.96 Å². The minimum Gasteiger partial charge on any atom is -0.370 e. The molecule has 2 heterocycles. The van der Waals surface area contributed by atoms with E-state index in [-0.39, 0.29) is 21.6 Å². The number of primary sulfonamides is 1. The van der Waals surface area contributed by atoms with Crippen molar-refractivity contribution in [2.45, 2.75) is 15.5 Å². The van der Waals surface area contributed by atoms with E-state index in [9.17, 15) is 16.8 Å². The van der Waals surface area contributed by atoms with E-state index in [1.54, 1.807) is 11.8 Å². The first-order valence-electron chi connectivity index (χ1n) is 7.92. The van der Waals surface area contributed by atoms with Crippen LogP contribution in [0, 0.1) is 0 Å². The zero-order chi connectivity index (χ0) is 21.2. The number of fused-ring (bicyclic) bond motifs is 1. The van der Waals surface area contributed by atoms with Crippen LogP contribution in [-0.4, -0.2) is 45.9 Å². The maximum absolute atomic E-state index is 12.2. The summed E-state index contributed by atoms with van der Waals surface area (Å²) in [5.74, 6) is 1.36. The Kier molecular flexibility index (Phi) is 6.13. The number of aromatic nitrogens is 1. The topological polar surface area (TPSA) is 196 Å². The minimum absolute atomic E-state index is 0.0511. The molecule has 1 aliphatic rings. The summed E-state index contributed by atoms with van der Waals surface area (Å²) in [5.41, 5.74) is 11.7. The zero-order valence-corrected chi connectivity index (χ0v) is 18.0. The second-order valence-electron chi connectivity index (χ2n) is 5.75. The molecule has 0 aliphatic carbocycles. The Morgan fingerprint density at radius 2 is 2.07 bits per heavy atom. The third-order valence-electron chi connectivity index (χ3n) is 3.58. The smallest absolute Gasteiger partial charge is 0.263 e. The molecule has 1 aromatic heterocycles. The number of thiazole rings is 1. The minimum atomic E-state index is -4.01. The number of nitrogens with zero attached hydrogens (tertiary/aromatic N) is 3. The summed E-state index contributed by atoms with van der Waals surface area (Å²) in [6, 6.07) is 3.65. The molecular formula is C14H17N7O4S4. The molecule has 0 saturated heterocycles. The molecule has 0 unspecified atom stereocenters. The van der Waals surface area contributed by atoms with E-state index in [4.69, 9.17) is 16.6 Å². The van der Waals surface area contributed by atoms with Crippen molar-refractivity contribution in [3.63, 3.8) is 0 Å². The van der Waals surface area contributed by atoms with Crippen molar-refractivity contribution >= 4 is 60.1 Å². The Bertz CT molecular complexity index is 1200. The summed E-state index contributed by atoms with van der Waals surface area (Å²) in [7, 11) is -7.89. The Morgan fingerprint density at radius 1 is 1.31 bits per heavy atom. The first-order valence-corrected chi connectivity index (χ1v) is 13.0. The van der Waals surface area contributed by atoms with E-state index in [2.05, 4.69) is 19.7 Å². The number of rotatable bonds is 7. The van der Waals surface area contributed by atoms with Crippen LogP contribution in [0.2, 0.25) is 0 Å². The second kappa shape index (κ2) is 8.27. The van der Waals surface area contributed by atoms with Crippen LogP contribution in [0.15, 0.2) is 43.4 Å². The summed E-state index contributed by atoms with van der Waals surface area (Å²) in [6.07, 6.45) is 0. The van der Waals surface area contributed by atoms with Crippen LogP contribution in [0.5, 0.6) is 0 Å². The lowest BCUT2D eigenvalue weighted by atomic mass is 10.2. The van der Waals surface area contributed by atoms with E-state index in [0.29, 0.717) is 28.7 Å². The lowest BCUT2D eigenvalue weighted by molar-refractivity contribution is 0.594. The number of aliphatic imine (C=N–C) groups is 2. The Hall–Kier alpha value is -2.20. The highest BCUT2D eigenvalue weighted by Gasteiger charge is 2.32. The number of hydrogen-bond acceptors (Lipinski definition) is 9. The van der Waals surface area contributed by atoms with Gasteiger partial charge in [0.2, 0.25) is 15.2 Å². The number of amidine groups is 1. The largest absolute Gasteiger partial charge is 0.370 e. The Balaban J connectivity index is 1.63. The van der Waals surface area contributed by atoms with Gasteiger partial charge in [-0.25, -0.2) is 27.0 Å². The van der Waals surface area contributed by atoms with Crippen molar-refractivity contribution in [3.05, 3.63) is 34.8 Å². The molecule has 0 fully saturated rings. The number of nitrogens with two attached hydrogens (primary N) is 3. The van der Waals surface area contributed by atoms with Gasteiger partial charge in [0.1, 0.15) is 5.84 Å². The van der Waals surface area contributed by atoms with Gasteiger partial charge < -0.3 is 11.5 Å². The maximum atomic E-state index is 12.2. The van der Waals surface area contributed by atoms with E-state index < -0.39 is 20.0 Å². The molecular weight excluding hydrogens is 458 g/mol. The van der Waals surface area contributed by atoms with E-state index in [1.165, 1.54) is 23.5 Å². The van der Waals surface area contributed by atoms with Crippen molar-refractivity contribution in [1.82, 2.24) is 9.71 Å². The van der Waals surface area contributed by atoms with Crippen LogP contribution in [-0.2, 0) is 25.8 Å². The number of nitrogens with one attached hydrogen (secondary N) is 1. The molecule has 156 valence electrons. The van der Waals surface area contributed by atoms with Crippen molar-refractivity contribution in [2.24, 2.45) is 26.6 Å². The molecule has 0 bridgehead atoms. The molecule has 3 rings (SSSR count). The van der Waals surface area contributed by atoms with Crippen LogP contribution in [0.4, 0.5) is 5.13 Å². The predicted molar refractivity (Wildman–Crippen MR) is 113 cm³/mol. The fraction of sp³-hybridized carbons (Fsp3) is 0.214. The van der Waals surface area contributed by atoms with Crippen molar-refractivity contribution in [3.8, 4) is 0 Å². The summed E-state index contributed by atoms with van der Waals surface area (Å²) in [5, 5.41) is 7.40. The summed E-state index contributed by atoms with van der Waals surface area (Å²) < 4.78 is 49.7. The third-order valence-corrected chi connectivity index (χ3v) is 7.62. The van der Waals surface area contributed by atoms with Gasteiger partial charge in [-0.2, -0.15) is 16.8 Å². The normalized spacial score (nSPS) is 16.4. The molecule has 0 radical (unpaired) electrons. The van der Waals surface area contributed by atoms with Gasteiger partial charge in [-0.3, -0.25) is 9.71 Å². The fourth-order valence-electron chi connectivity index (χ4n) is 2.38. The monoisotopic (exact) mass is 475 g/mol. The number of thioether (sulfide) groups is 1. The van der Waals surface area contributed by atoms with Crippen LogP contribution in [0.25, 0.3) is 0 Å². The lowest BCUT2D eigenvalue weighted by Crippen LogP contribution is -2.22. The summed E-state index contributed by atoms with van der Waals surface area (Å²) >= 11 is 2.89. The van der Waals surface area contributed by atoms with E-state index in [0.717, 1.165) is 11.8 Å². The first-order chi connectivity index (χ1) is 13.6. The standard InChI is InChI=1S/C14H17N7O4S4/c15-13(16)20-14-19-8(7-27-14)6-26-4-3-18-12-10-2-1-9(28(17,22)23)5-11(10)29(24,25)21-12/h1-2,5,7H,3-4,6H2,(H,18,21)(H2,17,22,23)(H4,15,16,19,20). The van der Waals surface area contributed by atoms with Crippen molar-refractivity contribution in [2.75, 3.05) is 12.3 Å². The van der Waals surface area contributed by atoms with Crippen LogP contribution in [0.1, 0.15) is 11.3 Å². The van der Waals surface area contributed by atoms with Crippen LogP contribution in [0.3, 0.4) is 0 Å². The molecule has 1 aliphatic heterocycles. The highest BCUT2D eigenvalue weighted by Crippen LogP contribution is 2.26. The number of guanidine groups is 1. The number of benzene rings is 1. The Morgan fingerprint density at radius 3 is 2.76 bits per heavy atom. The SMILES string of the molecule is NC(N)=Nc1nc(CSCCN=C2NS(=O)(=O)c3cc(S(N)(=O)=O)ccc32)cs1. The molecule has 0 spiro atoms. The van der Waals surface area contributed by atoms with E-state index >= 15 is 0 Å². The van der Waals surface area contributed by atoms with Crippen molar-refractivity contribution in [1.29, 1.82) is 0 Å². The molecule has 0 atom stereocenters. The van der Waals surface area contributed by atoms with Gasteiger partial charge in [-0.15, -0.1) is 11.3 Å². The maximum Gasteiger partial charge on any atom is 0.263 e. The van der Waals surface area contributed by atoms with Crippen molar-refractivity contribution < 1.29 is 16.8 Å². The van der Waals surface area contributed by atoms with Gasteiger partial charge in [-0.1, -0.05) is 0 Å². The van der Waals surface area contributed by atoms with Gasteiger partial charge in [0, 0.05) is 22.4 Å². The Labute approximate surface area is 175 Å². The third kappa shape index (κ3) is 5.24. The molecule has 1 aromatic carbocycles. The number of sulfonamides is 2. The molecule has 11 nitrogen and oxygen atoms in total. The average Bonchev–Trinajstić information content (AvgIpc) is 3.15. The second-order valence-corrected chi connectivity index (χ2v) is 10.9. The van der Waals surface area contributed by atoms with Gasteiger partial charge in [0.05, 0.1) is 22.0 Å². The predicted octanol–water partition coefficient (Wildman–Crippen LogP) is -0.333. The lowest BCUT2D eigenvalue weighted by Gasteiger charge is -2.01. The highest BCUT2D eigenvalue weighted by atomic mass is 32.2. The molecule has 7 N–H and O–H groups in total. The molecule has 2 aromatic rings. The van der Waals surface area contributed by atoms with Gasteiger partial charge >= 0.3 is 0 Å². The number of hydrogen-bond donors (Lipinski definition) is 4. The fourth-order valence-corrected chi connectivity index (χ4v) is 5.80. The first kappa shape index (κ1) is 21.5. The molecule has 15 heteroatoms. The van der Waals surface area contributed by atoms with Gasteiger partial charge in [0.25, 0.3) is 10.0 Å². The zero-order valence-electron chi connectivity index (χ0n) is 14.8. The summed E-state index contributed by atoms with van der Waals surface area (Å²) in [6.45, 7) is 0.351. The van der Waals surface area contributed by atoms with Crippen LogP contribution < -0.4 is 21.3 Å². The quantitative estimate of drug-likeness (QED) is 0.237. The van der Waals surface area contributed by atoms with Crippen LogP contribution >= 0.6 is 23.1 Å². The highest BCUT2D eigenvalue weighted by molar-refractivity contribution is 7.98. The molecule has 0 amide bonds.